The van der Waals surface area contributed by atoms with E-state index in [1.165, 1.54) is 0 Å². The van der Waals surface area contributed by atoms with Gasteiger partial charge in [0.2, 0.25) is 5.89 Å². The fourth-order valence-electron chi connectivity index (χ4n) is 1.93. The first-order valence-corrected chi connectivity index (χ1v) is 8.08. The molecule has 1 aromatic rings. The van der Waals surface area contributed by atoms with Crippen LogP contribution in [0.2, 0.25) is 0 Å². The Morgan fingerprint density at radius 1 is 1.26 bits per heavy atom. The monoisotopic (exact) mass is 325 g/mol. The molecule has 0 aliphatic heterocycles. The van der Waals surface area contributed by atoms with Crippen molar-refractivity contribution in [1.82, 2.24) is 15.6 Å². The first-order chi connectivity index (χ1) is 10.4. The third-order valence-corrected chi connectivity index (χ3v) is 3.99. The van der Waals surface area contributed by atoms with Crippen molar-refractivity contribution >= 4 is 6.09 Å². The number of rotatable bonds is 6. The Morgan fingerprint density at radius 2 is 1.87 bits per heavy atom. The van der Waals surface area contributed by atoms with Crippen molar-refractivity contribution < 1.29 is 13.9 Å². The summed E-state index contributed by atoms with van der Waals surface area (Å²) in [5, 5.41) is 6.28. The Labute approximate surface area is 139 Å². The second kappa shape index (κ2) is 7.34. The molecule has 0 saturated heterocycles. The highest BCUT2D eigenvalue weighted by Crippen LogP contribution is 2.18. The number of nitrogens with zero attached hydrogens (tertiary/aromatic N) is 1. The summed E-state index contributed by atoms with van der Waals surface area (Å²) in [5.74, 6) is 1.79. The molecule has 0 radical (unpaired) electrons. The van der Waals surface area contributed by atoms with Crippen LogP contribution in [-0.4, -0.2) is 28.8 Å². The molecule has 1 aromatic heterocycles. The van der Waals surface area contributed by atoms with Crippen LogP contribution in [0.15, 0.2) is 4.42 Å². The molecule has 0 aromatic carbocycles. The number of carbonyl (C=O) groups excluding carboxylic acids is 1. The van der Waals surface area contributed by atoms with E-state index in [9.17, 15) is 4.79 Å². The van der Waals surface area contributed by atoms with Gasteiger partial charge in [0.25, 0.3) is 0 Å². The van der Waals surface area contributed by atoms with Gasteiger partial charge in [-0.25, -0.2) is 9.78 Å². The van der Waals surface area contributed by atoms with Gasteiger partial charge in [-0.3, -0.25) is 0 Å². The molecule has 0 spiro atoms. The Bertz CT molecular complexity index is 512. The Morgan fingerprint density at radius 3 is 2.30 bits per heavy atom. The summed E-state index contributed by atoms with van der Waals surface area (Å²) >= 11 is 0. The fourth-order valence-corrected chi connectivity index (χ4v) is 1.93. The van der Waals surface area contributed by atoms with E-state index in [0.717, 1.165) is 11.5 Å². The normalized spacial score (nSPS) is 14.7. The highest BCUT2D eigenvalue weighted by molar-refractivity contribution is 5.67. The second-order valence-corrected chi connectivity index (χ2v) is 7.53. The van der Waals surface area contributed by atoms with Gasteiger partial charge in [0.15, 0.2) is 0 Å². The number of alkyl carbamates (subject to hydrolysis) is 1. The molecular weight excluding hydrogens is 294 g/mol. The number of hydrogen-bond donors (Lipinski definition) is 2. The van der Waals surface area contributed by atoms with Crippen LogP contribution >= 0.6 is 0 Å². The number of amides is 1. The van der Waals surface area contributed by atoms with Crippen molar-refractivity contribution in [3.63, 3.8) is 0 Å². The van der Waals surface area contributed by atoms with Crippen molar-refractivity contribution in [3.8, 4) is 0 Å². The standard InChI is InChI=1S/C17H31N3O3/c1-11(2)17(8,10-18-15(21)23-16(5,6)7)19-9-14-20-12(3)13(4)22-14/h11,19H,9-10H2,1-8H3,(H,18,21)/t17-/m0/s1. The van der Waals surface area contributed by atoms with Crippen molar-refractivity contribution in [2.24, 2.45) is 5.92 Å². The molecule has 0 saturated carbocycles. The minimum absolute atomic E-state index is 0.298. The lowest BCUT2D eigenvalue weighted by molar-refractivity contribution is 0.0502. The van der Waals surface area contributed by atoms with E-state index in [4.69, 9.17) is 9.15 Å². The molecule has 1 rings (SSSR count). The van der Waals surface area contributed by atoms with Gasteiger partial charge in [-0.15, -0.1) is 0 Å². The number of nitrogens with one attached hydrogen (secondary N) is 2. The minimum Gasteiger partial charge on any atom is -0.444 e. The molecule has 1 amide bonds. The molecule has 6 nitrogen and oxygen atoms in total. The van der Waals surface area contributed by atoms with Crippen molar-refractivity contribution in [3.05, 3.63) is 17.3 Å². The van der Waals surface area contributed by atoms with E-state index in [1.54, 1.807) is 0 Å². The van der Waals surface area contributed by atoms with Crippen LogP contribution in [0.4, 0.5) is 4.79 Å². The zero-order valence-corrected chi connectivity index (χ0v) is 15.7. The first-order valence-electron chi connectivity index (χ1n) is 8.08. The first kappa shape index (κ1) is 19.5. The summed E-state index contributed by atoms with van der Waals surface area (Å²) in [7, 11) is 0. The molecule has 132 valence electrons. The van der Waals surface area contributed by atoms with Gasteiger partial charge >= 0.3 is 6.09 Å². The summed E-state index contributed by atoms with van der Waals surface area (Å²) in [5.41, 5.74) is 0.103. The molecule has 0 unspecified atom stereocenters. The van der Waals surface area contributed by atoms with Gasteiger partial charge in [0.05, 0.1) is 12.2 Å². The van der Waals surface area contributed by atoms with E-state index < -0.39 is 11.7 Å². The number of oxazole rings is 1. The van der Waals surface area contributed by atoms with E-state index in [0.29, 0.717) is 24.9 Å². The number of aryl methyl sites for hydroxylation is 2. The predicted molar refractivity (Wildman–Crippen MR) is 90.3 cm³/mol. The second-order valence-electron chi connectivity index (χ2n) is 7.53. The summed E-state index contributed by atoms with van der Waals surface area (Å²) in [4.78, 5) is 16.2. The molecule has 23 heavy (non-hydrogen) atoms. The van der Waals surface area contributed by atoms with E-state index in [-0.39, 0.29) is 5.54 Å². The van der Waals surface area contributed by atoms with E-state index in [2.05, 4.69) is 36.4 Å². The van der Waals surface area contributed by atoms with E-state index >= 15 is 0 Å². The largest absolute Gasteiger partial charge is 0.444 e. The maximum absolute atomic E-state index is 11.9. The van der Waals surface area contributed by atoms with Crippen LogP contribution in [0.3, 0.4) is 0 Å². The van der Waals surface area contributed by atoms with Crippen LogP contribution in [-0.2, 0) is 11.3 Å². The Hall–Kier alpha value is -1.56. The van der Waals surface area contributed by atoms with Crippen LogP contribution in [0.1, 0.15) is 58.9 Å². The molecular formula is C17H31N3O3. The molecule has 1 heterocycles. The van der Waals surface area contributed by atoms with Gasteiger partial charge in [0.1, 0.15) is 11.4 Å². The van der Waals surface area contributed by atoms with E-state index in [1.807, 2.05) is 34.6 Å². The zero-order valence-electron chi connectivity index (χ0n) is 15.7. The summed E-state index contributed by atoms with van der Waals surface area (Å²) in [6.45, 7) is 16.6. The highest BCUT2D eigenvalue weighted by Gasteiger charge is 2.29. The quantitative estimate of drug-likeness (QED) is 0.839. The topological polar surface area (TPSA) is 76.4 Å². The average Bonchev–Trinajstić information content (AvgIpc) is 2.71. The molecule has 1 atom stereocenters. The Kier molecular flexibility index (Phi) is 6.22. The molecule has 0 aliphatic rings. The van der Waals surface area contributed by atoms with Gasteiger partial charge in [-0.05, 0) is 47.5 Å². The maximum Gasteiger partial charge on any atom is 0.407 e. The lowest BCUT2D eigenvalue weighted by Gasteiger charge is -2.35. The molecule has 0 bridgehead atoms. The molecule has 0 aliphatic carbocycles. The number of aromatic nitrogens is 1. The SMILES string of the molecule is Cc1nc(CN[C@@](C)(CNC(=O)OC(C)(C)C)C(C)C)oc1C. The van der Waals surface area contributed by atoms with Gasteiger partial charge < -0.3 is 19.8 Å². The summed E-state index contributed by atoms with van der Waals surface area (Å²) in [6, 6.07) is 0. The molecule has 0 fully saturated rings. The average molecular weight is 325 g/mol. The Balaban J connectivity index is 2.62. The predicted octanol–water partition coefficient (Wildman–Crippen LogP) is 3.32. The van der Waals surface area contributed by atoms with Crippen molar-refractivity contribution in [2.45, 2.75) is 73.1 Å². The van der Waals surface area contributed by atoms with Crippen LogP contribution < -0.4 is 10.6 Å². The molecule has 2 N–H and O–H groups in total. The van der Waals surface area contributed by atoms with Gasteiger partial charge in [0, 0.05) is 12.1 Å². The van der Waals surface area contributed by atoms with Crippen LogP contribution in [0.25, 0.3) is 0 Å². The lowest BCUT2D eigenvalue weighted by atomic mass is 9.88. The van der Waals surface area contributed by atoms with Gasteiger partial charge in [-0.2, -0.15) is 0 Å². The van der Waals surface area contributed by atoms with Crippen molar-refractivity contribution in [1.29, 1.82) is 0 Å². The van der Waals surface area contributed by atoms with Crippen LogP contribution in [0.5, 0.6) is 0 Å². The third kappa shape index (κ3) is 6.22. The number of hydrogen-bond acceptors (Lipinski definition) is 5. The minimum atomic E-state index is -0.501. The zero-order chi connectivity index (χ0) is 17.8. The lowest BCUT2D eigenvalue weighted by Crippen LogP contribution is -2.55. The molecule has 6 heteroatoms. The third-order valence-electron chi connectivity index (χ3n) is 3.99. The summed E-state index contributed by atoms with van der Waals surface area (Å²) in [6.07, 6.45) is -0.408. The summed E-state index contributed by atoms with van der Waals surface area (Å²) < 4.78 is 10.9. The van der Waals surface area contributed by atoms with Crippen LogP contribution in [0, 0.1) is 19.8 Å². The maximum atomic E-state index is 11.9. The van der Waals surface area contributed by atoms with Crippen molar-refractivity contribution in [2.75, 3.05) is 6.54 Å². The fraction of sp³-hybridized carbons (Fsp3) is 0.765. The number of ether oxygens (including phenoxy) is 1. The highest BCUT2D eigenvalue weighted by atomic mass is 16.6. The smallest absolute Gasteiger partial charge is 0.407 e. The van der Waals surface area contributed by atoms with Gasteiger partial charge in [-0.1, -0.05) is 13.8 Å². The number of carbonyl (C=O) groups is 1.